The Balaban J connectivity index is 0.00000103. The van der Waals surface area contributed by atoms with Gasteiger partial charge < -0.3 is 0 Å². The van der Waals surface area contributed by atoms with Gasteiger partial charge in [0.1, 0.15) is 0 Å². The maximum Gasteiger partial charge on any atom is 0.164 e. The summed E-state index contributed by atoms with van der Waals surface area (Å²) in [6.45, 7) is 12.9. The van der Waals surface area contributed by atoms with E-state index < -0.39 is 0 Å². The molecule has 168 valence electrons. The highest BCUT2D eigenvalue weighted by molar-refractivity contribution is 9.10. The van der Waals surface area contributed by atoms with Gasteiger partial charge in [0.25, 0.3) is 0 Å². The van der Waals surface area contributed by atoms with Crippen molar-refractivity contribution in [1.29, 1.82) is 0 Å². The zero-order valence-electron chi connectivity index (χ0n) is 19.2. The number of rotatable bonds is 6. The summed E-state index contributed by atoms with van der Waals surface area (Å²) in [6.07, 6.45) is 7.03. The lowest BCUT2D eigenvalue weighted by atomic mass is 10.0. The van der Waals surface area contributed by atoms with Crippen molar-refractivity contribution in [2.45, 2.75) is 6.92 Å². The lowest BCUT2D eigenvalue weighted by molar-refractivity contribution is 1.04. The number of aromatic nitrogens is 3. The lowest BCUT2D eigenvalue weighted by Gasteiger charge is -2.10. The van der Waals surface area contributed by atoms with Gasteiger partial charge in [-0.2, -0.15) is 0 Å². The molecule has 0 fully saturated rings. The van der Waals surface area contributed by atoms with Crippen LogP contribution < -0.4 is 0 Å². The van der Waals surface area contributed by atoms with Crippen molar-refractivity contribution in [2.24, 2.45) is 0 Å². The third kappa shape index (κ3) is 6.33. The molecule has 4 heteroatoms. The zero-order valence-corrected chi connectivity index (χ0v) is 20.7. The largest absolute Gasteiger partial charge is 0.208 e. The molecule has 4 rings (SSSR count). The molecule has 0 aliphatic heterocycles. The van der Waals surface area contributed by atoms with Crippen LogP contribution in [-0.2, 0) is 0 Å². The first kappa shape index (κ1) is 24.7. The number of hydrogen-bond acceptors (Lipinski definition) is 3. The molecule has 3 aromatic carbocycles. The van der Waals surface area contributed by atoms with Crippen LogP contribution in [0.25, 0.3) is 39.5 Å². The topological polar surface area (TPSA) is 38.7 Å². The van der Waals surface area contributed by atoms with Crippen LogP contribution in [0.4, 0.5) is 0 Å². The van der Waals surface area contributed by atoms with Crippen LogP contribution >= 0.6 is 15.9 Å². The number of nitrogens with zero attached hydrogens (tertiary/aromatic N) is 3. The van der Waals surface area contributed by atoms with Gasteiger partial charge in [0.2, 0.25) is 0 Å². The van der Waals surface area contributed by atoms with E-state index in [4.69, 9.17) is 15.0 Å². The quantitative estimate of drug-likeness (QED) is 0.193. The summed E-state index contributed by atoms with van der Waals surface area (Å²) in [7, 11) is 0. The molecule has 0 amide bonds. The first-order chi connectivity index (χ1) is 16.6. The molecule has 0 spiro atoms. The lowest BCUT2D eigenvalue weighted by Crippen LogP contribution is -2.02. The molecule has 0 aliphatic rings. The molecule has 0 atom stereocenters. The highest BCUT2D eigenvalue weighted by Gasteiger charge is 2.13. The second-order valence-corrected chi connectivity index (χ2v) is 8.15. The van der Waals surface area contributed by atoms with E-state index in [1.807, 2.05) is 67.6 Å². The van der Waals surface area contributed by atoms with Crippen molar-refractivity contribution in [3.05, 3.63) is 133 Å². The monoisotopic (exact) mass is 507 g/mol. The van der Waals surface area contributed by atoms with Gasteiger partial charge in [-0.1, -0.05) is 114 Å². The SMILES string of the molecule is C=C/C=C(\C=C)c1nc(-c2ccccc2)nc(-c2cccc(-c3ccc(Br)cc3)c2)n1.C=CC. The summed E-state index contributed by atoms with van der Waals surface area (Å²) >= 11 is 3.49. The van der Waals surface area contributed by atoms with Crippen molar-refractivity contribution < 1.29 is 0 Å². The van der Waals surface area contributed by atoms with Crippen LogP contribution in [0.15, 0.2) is 127 Å². The molecule has 0 saturated heterocycles. The van der Waals surface area contributed by atoms with Gasteiger partial charge in [-0.15, -0.1) is 6.58 Å². The minimum Gasteiger partial charge on any atom is -0.208 e. The second kappa shape index (κ2) is 12.4. The highest BCUT2D eigenvalue weighted by Crippen LogP contribution is 2.28. The zero-order chi connectivity index (χ0) is 24.3. The van der Waals surface area contributed by atoms with Gasteiger partial charge in [0.05, 0.1) is 0 Å². The first-order valence-corrected chi connectivity index (χ1v) is 11.6. The molecule has 3 nitrogen and oxygen atoms in total. The fourth-order valence-corrected chi connectivity index (χ4v) is 3.46. The minimum atomic E-state index is 0.563. The Hall–Kier alpha value is -3.89. The van der Waals surface area contributed by atoms with Gasteiger partial charge in [-0.3, -0.25) is 0 Å². The van der Waals surface area contributed by atoms with Crippen molar-refractivity contribution in [3.8, 4) is 33.9 Å². The van der Waals surface area contributed by atoms with Gasteiger partial charge in [-0.05, 0) is 36.2 Å². The average molecular weight is 508 g/mol. The van der Waals surface area contributed by atoms with Crippen molar-refractivity contribution in [2.75, 3.05) is 0 Å². The van der Waals surface area contributed by atoms with E-state index in [1.54, 1.807) is 18.2 Å². The van der Waals surface area contributed by atoms with Gasteiger partial charge in [0.15, 0.2) is 17.5 Å². The van der Waals surface area contributed by atoms with Gasteiger partial charge >= 0.3 is 0 Å². The summed E-state index contributed by atoms with van der Waals surface area (Å²) in [5, 5.41) is 0. The summed E-state index contributed by atoms with van der Waals surface area (Å²) < 4.78 is 1.05. The minimum absolute atomic E-state index is 0.563. The van der Waals surface area contributed by atoms with Crippen molar-refractivity contribution in [1.82, 2.24) is 15.0 Å². The molecular weight excluding hydrogens is 482 g/mol. The molecule has 1 aromatic heterocycles. The standard InChI is InChI=1S/C27H20BrN3.C3H6/c1-3-9-19(4-2)25-29-26(21-10-6-5-7-11-21)31-27(30-25)23-13-8-12-22(18-23)20-14-16-24(28)17-15-20;1-3-2/h3-18H,1-2H2;3H,1H2,2H3/b19-9+;. The Kier molecular flexibility index (Phi) is 9.01. The van der Waals surface area contributed by atoms with E-state index in [0.29, 0.717) is 17.5 Å². The fraction of sp³-hybridized carbons (Fsp3) is 0.0333. The summed E-state index contributed by atoms with van der Waals surface area (Å²) in [5.41, 5.74) is 4.86. The predicted octanol–water partition coefficient (Wildman–Crippen LogP) is 8.58. The predicted molar refractivity (Wildman–Crippen MR) is 148 cm³/mol. The van der Waals surface area contributed by atoms with Crippen LogP contribution in [0.3, 0.4) is 0 Å². The van der Waals surface area contributed by atoms with E-state index >= 15 is 0 Å². The molecule has 0 N–H and O–H groups in total. The van der Waals surface area contributed by atoms with E-state index in [-0.39, 0.29) is 0 Å². The Bertz CT molecular complexity index is 1310. The third-order valence-corrected chi connectivity index (χ3v) is 5.27. The molecule has 0 saturated carbocycles. The van der Waals surface area contributed by atoms with E-state index in [0.717, 1.165) is 32.3 Å². The van der Waals surface area contributed by atoms with E-state index in [2.05, 4.69) is 59.9 Å². The number of benzene rings is 3. The normalized spacial score (nSPS) is 10.6. The maximum atomic E-state index is 4.78. The summed E-state index contributed by atoms with van der Waals surface area (Å²) in [4.78, 5) is 14.2. The highest BCUT2D eigenvalue weighted by atomic mass is 79.9. The summed E-state index contributed by atoms with van der Waals surface area (Å²) in [5.74, 6) is 1.79. The maximum absolute atomic E-state index is 4.78. The van der Waals surface area contributed by atoms with Crippen molar-refractivity contribution in [3.63, 3.8) is 0 Å². The molecule has 0 aliphatic carbocycles. The average Bonchev–Trinajstić information content (AvgIpc) is 2.88. The second-order valence-electron chi connectivity index (χ2n) is 7.23. The van der Waals surface area contributed by atoms with E-state index in [9.17, 15) is 0 Å². The van der Waals surface area contributed by atoms with Crippen LogP contribution in [0.1, 0.15) is 12.7 Å². The smallest absolute Gasteiger partial charge is 0.164 e. The Morgan fingerprint density at radius 2 is 1.29 bits per heavy atom. The molecular formula is C30H26BrN3. The third-order valence-electron chi connectivity index (χ3n) is 4.74. The number of hydrogen-bond donors (Lipinski definition) is 0. The Labute approximate surface area is 210 Å². The molecule has 1 heterocycles. The van der Waals surface area contributed by atoms with Gasteiger partial charge in [0, 0.05) is 21.2 Å². The molecule has 34 heavy (non-hydrogen) atoms. The molecule has 0 radical (unpaired) electrons. The van der Waals surface area contributed by atoms with Crippen LogP contribution in [0, 0.1) is 0 Å². The molecule has 0 unspecified atom stereocenters. The number of allylic oxidation sites excluding steroid dienone is 5. The first-order valence-electron chi connectivity index (χ1n) is 10.8. The Morgan fingerprint density at radius 1 is 0.706 bits per heavy atom. The summed E-state index contributed by atoms with van der Waals surface area (Å²) in [6, 6.07) is 26.4. The molecule has 4 aromatic rings. The fourth-order valence-electron chi connectivity index (χ4n) is 3.19. The Morgan fingerprint density at radius 3 is 1.91 bits per heavy atom. The van der Waals surface area contributed by atoms with Crippen LogP contribution in [0.5, 0.6) is 0 Å². The molecule has 0 bridgehead atoms. The van der Waals surface area contributed by atoms with Crippen LogP contribution in [0.2, 0.25) is 0 Å². The number of halogens is 1. The van der Waals surface area contributed by atoms with Crippen LogP contribution in [-0.4, -0.2) is 15.0 Å². The van der Waals surface area contributed by atoms with Gasteiger partial charge in [-0.25, -0.2) is 15.0 Å². The van der Waals surface area contributed by atoms with E-state index in [1.165, 1.54) is 0 Å². The van der Waals surface area contributed by atoms with Crippen molar-refractivity contribution >= 4 is 21.5 Å².